The molecule has 3 aromatic rings. The fourth-order valence-corrected chi connectivity index (χ4v) is 2.34. The first-order valence-corrected chi connectivity index (χ1v) is 7.76. The fraction of sp³-hybridized carbons (Fsp3) is 0.105. The van der Waals surface area contributed by atoms with Gasteiger partial charge in [0, 0.05) is 11.4 Å². The number of amides is 1. The minimum atomic E-state index is -0.418. The zero-order valence-electron chi connectivity index (χ0n) is 13.9. The Bertz CT molecular complexity index is 927. The SMILES string of the molecule is Cc1cccc(NC(=O)c2cc(C)nc(Nc3ccccc3F)n2)c1. The van der Waals surface area contributed by atoms with E-state index in [4.69, 9.17) is 0 Å². The molecule has 2 N–H and O–H groups in total. The van der Waals surface area contributed by atoms with Crippen LogP contribution in [0, 0.1) is 19.7 Å². The number of halogens is 1. The van der Waals surface area contributed by atoms with Crippen LogP contribution >= 0.6 is 0 Å². The number of rotatable bonds is 4. The molecule has 2 aromatic carbocycles. The van der Waals surface area contributed by atoms with Gasteiger partial charge in [-0.05, 0) is 49.7 Å². The van der Waals surface area contributed by atoms with Crippen molar-refractivity contribution >= 4 is 23.2 Å². The van der Waals surface area contributed by atoms with Crippen LogP contribution < -0.4 is 10.6 Å². The van der Waals surface area contributed by atoms with Gasteiger partial charge in [0.05, 0.1) is 5.69 Å². The molecule has 0 aliphatic rings. The molecule has 5 nitrogen and oxygen atoms in total. The van der Waals surface area contributed by atoms with Gasteiger partial charge in [0.1, 0.15) is 11.5 Å². The van der Waals surface area contributed by atoms with E-state index in [0.29, 0.717) is 11.4 Å². The summed E-state index contributed by atoms with van der Waals surface area (Å²) in [6, 6.07) is 15.3. The van der Waals surface area contributed by atoms with Crippen molar-refractivity contribution < 1.29 is 9.18 Å². The van der Waals surface area contributed by atoms with Crippen molar-refractivity contribution in [3.05, 3.63) is 77.4 Å². The van der Waals surface area contributed by atoms with E-state index in [-0.39, 0.29) is 23.2 Å². The Morgan fingerprint density at radius 1 is 1.00 bits per heavy atom. The van der Waals surface area contributed by atoms with Crippen molar-refractivity contribution in [1.29, 1.82) is 0 Å². The standard InChI is InChI=1S/C19H17FN4O/c1-12-6-5-7-14(10-12)22-18(25)17-11-13(2)21-19(24-17)23-16-9-4-3-8-15(16)20/h3-11H,1-2H3,(H,22,25)(H,21,23,24). The molecule has 0 bridgehead atoms. The van der Waals surface area contributed by atoms with Gasteiger partial charge in [-0.2, -0.15) is 0 Å². The first-order chi connectivity index (χ1) is 12.0. The van der Waals surface area contributed by atoms with Crippen molar-refractivity contribution in [2.24, 2.45) is 0 Å². The van der Waals surface area contributed by atoms with E-state index in [2.05, 4.69) is 20.6 Å². The van der Waals surface area contributed by atoms with Crippen LogP contribution in [0.1, 0.15) is 21.7 Å². The lowest BCUT2D eigenvalue weighted by Gasteiger charge is -2.09. The normalized spacial score (nSPS) is 10.4. The lowest BCUT2D eigenvalue weighted by atomic mass is 10.2. The van der Waals surface area contributed by atoms with Crippen molar-refractivity contribution in [3.8, 4) is 0 Å². The summed E-state index contributed by atoms with van der Waals surface area (Å²) in [4.78, 5) is 20.8. The maximum absolute atomic E-state index is 13.8. The number of aryl methyl sites for hydroxylation is 2. The number of nitrogens with one attached hydrogen (secondary N) is 2. The summed E-state index contributed by atoms with van der Waals surface area (Å²) in [6.45, 7) is 3.69. The van der Waals surface area contributed by atoms with Gasteiger partial charge in [-0.15, -0.1) is 0 Å². The molecule has 0 fully saturated rings. The third-order valence-corrected chi connectivity index (χ3v) is 3.48. The zero-order valence-corrected chi connectivity index (χ0v) is 13.9. The molecule has 1 heterocycles. The van der Waals surface area contributed by atoms with Crippen LogP contribution in [0.4, 0.5) is 21.7 Å². The number of carbonyl (C=O) groups excluding carboxylic acids is 1. The van der Waals surface area contributed by atoms with E-state index in [0.717, 1.165) is 5.56 Å². The van der Waals surface area contributed by atoms with E-state index in [1.165, 1.54) is 6.07 Å². The Labute approximate surface area is 145 Å². The first-order valence-electron chi connectivity index (χ1n) is 7.76. The Morgan fingerprint density at radius 3 is 2.56 bits per heavy atom. The van der Waals surface area contributed by atoms with Crippen molar-refractivity contribution in [3.63, 3.8) is 0 Å². The maximum atomic E-state index is 13.8. The highest BCUT2D eigenvalue weighted by atomic mass is 19.1. The highest BCUT2D eigenvalue weighted by molar-refractivity contribution is 6.03. The second kappa shape index (κ2) is 7.09. The third kappa shape index (κ3) is 4.17. The molecule has 0 spiro atoms. The Morgan fingerprint density at radius 2 is 1.80 bits per heavy atom. The van der Waals surface area contributed by atoms with Crippen LogP contribution in [0.3, 0.4) is 0 Å². The van der Waals surface area contributed by atoms with E-state index in [1.54, 1.807) is 37.3 Å². The molecule has 6 heteroatoms. The van der Waals surface area contributed by atoms with Gasteiger partial charge in [-0.25, -0.2) is 14.4 Å². The number of benzene rings is 2. The minimum absolute atomic E-state index is 0.166. The van der Waals surface area contributed by atoms with Crippen molar-refractivity contribution in [2.75, 3.05) is 10.6 Å². The van der Waals surface area contributed by atoms with Gasteiger partial charge in [-0.1, -0.05) is 24.3 Å². The second-order valence-electron chi connectivity index (χ2n) is 5.65. The number of hydrogen-bond donors (Lipinski definition) is 2. The minimum Gasteiger partial charge on any atom is -0.322 e. The Balaban J connectivity index is 1.83. The monoisotopic (exact) mass is 336 g/mol. The zero-order chi connectivity index (χ0) is 17.8. The summed E-state index contributed by atoms with van der Waals surface area (Å²) in [5, 5.41) is 5.60. The van der Waals surface area contributed by atoms with E-state index >= 15 is 0 Å². The highest BCUT2D eigenvalue weighted by Gasteiger charge is 2.12. The number of hydrogen-bond acceptors (Lipinski definition) is 4. The van der Waals surface area contributed by atoms with Crippen molar-refractivity contribution in [2.45, 2.75) is 13.8 Å². The number of carbonyl (C=O) groups is 1. The summed E-state index contributed by atoms with van der Waals surface area (Å²) >= 11 is 0. The summed E-state index contributed by atoms with van der Waals surface area (Å²) in [5.74, 6) is -0.606. The van der Waals surface area contributed by atoms with E-state index < -0.39 is 5.82 Å². The van der Waals surface area contributed by atoms with E-state index in [1.807, 2.05) is 25.1 Å². The molecule has 0 aliphatic heterocycles. The number of para-hydroxylation sites is 1. The average Bonchev–Trinajstić information content (AvgIpc) is 2.56. The molecule has 0 unspecified atom stereocenters. The molecule has 126 valence electrons. The summed E-state index contributed by atoms with van der Waals surface area (Å²) in [6.07, 6.45) is 0. The van der Waals surface area contributed by atoms with Gasteiger partial charge in [0.25, 0.3) is 5.91 Å². The molecular formula is C19H17FN4O. The highest BCUT2D eigenvalue weighted by Crippen LogP contribution is 2.18. The largest absolute Gasteiger partial charge is 0.322 e. The summed E-state index contributed by atoms with van der Waals surface area (Å²) in [7, 11) is 0. The number of nitrogens with zero attached hydrogens (tertiary/aromatic N) is 2. The Kier molecular flexibility index (Phi) is 4.70. The molecule has 25 heavy (non-hydrogen) atoms. The second-order valence-corrected chi connectivity index (χ2v) is 5.65. The van der Waals surface area contributed by atoms with Gasteiger partial charge in [0.15, 0.2) is 0 Å². The number of aromatic nitrogens is 2. The fourth-order valence-electron chi connectivity index (χ4n) is 2.34. The topological polar surface area (TPSA) is 66.9 Å². The molecule has 0 saturated heterocycles. The average molecular weight is 336 g/mol. The van der Waals surface area contributed by atoms with Gasteiger partial charge in [-0.3, -0.25) is 4.79 Å². The lowest BCUT2D eigenvalue weighted by molar-refractivity contribution is 0.102. The maximum Gasteiger partial charge on any atom is 0.274 e. The van der Waals surface area contributed by atoms with Crippen LogP contribution in [0.15, 0.2) is 54.6 Å². The molecule has 1 aromatic heterocycles. The summed E-state index contributed by atoms with van der Waals surface area (Å²) in [5.41, 5.74) is 2.78. The summed E-state index contributed by atoms with van der Waals surface area (Å²) < 4.78 is 13.8. The van der Waals surface area contributed by atoms with Crippen LogP contribution in [0.5, 0.6) is 0 Å². The molecule has 0 radical (unpaired) electrons. The van der Waals surface area contributed by atoms with Crippen LogP contribution in [-0.4, -0.2) is 15.9 Å². The first kappa shape index (κ1) is 16.6. The van der Waals surface area contributed by atoms with Gasteiger partial charge in [0.2, 0.25) is 5.95 Å². The number of anilines is 3. The molecule has 0 atom stereocenters. The van der Waals surface area contributed by atoms with Gasteiger partial charge >= 0.3 is 0 Å². The predicted molar refractivity (Wildman–Crippen MR) is 95.6 cm³/mol. The van der Waals surface area contributed by atoms with Crippen LogP contribution in [0.2, 0.25) is 0 Å². The van der Waals surface area contributed by atoms with E-state index in [9.17, 15) is 9.18 Å². The predicted octanol–water partition coefficient (Wildman–Crippen LogP) is 4.23. The van der Waals surface area contributed by atoms with Gasteiger partial charge < -0.3 is 10.6 Å². The smallest absolute Gasteiger partial charge is 0.274 e. The molecule has 0 aliphatic carbocycles. The third-order valence-electron chi connectivity index (χ3n) is 3.48. The van der Waals surface area contributed by atoms with Crippen molar-refractivity contribution in [1.82, 2.24) is 9.97 Å². The van der Waals surface area contributed by atoms with Crippen LogP contribution in [-0.2, 0) is 0 Å². The quantitative estimate of drug-likeness (QED) is 0.748. The molecular weight excluding hydrogens is 319 g/mol. The molecule has 3 rings (SSSR count). The molecule has 0 saturated carbocycles. The molecule has 1 amide bonds. The Hall–Kier alpha value is -3.28. The lowest BCUT2D eigenvalue weighted by Crippen LogP contribution is -2.15. The van der Waals surface area contributed by atoms with Crippen LogP contribution in [0.25, 0.3) is 0 Å².